The molecule has 0 bridgehead atoms. The molecule has 3 rings (SSSR count). The average molecular weight is 365 g/mol. The van der Waals surface area contributed by atoms with Crippen LogP contribution < -0.4 is 4.90 Å². The van der Waals surface area contributed by atoms with E-state index in [0.717, 1.165) is 5.69 Å². The summed E-state index contributed by atoms with van der Waals surface area (Å²) in [5.74, 6) is -1.49. The van der Waals surface area contributed by atoms with E-state index in [0.29, 0.717) is 32.7 Å². The molecule has 0 aliphatic carbocycles. The van der Waals surface area contributed by atoms with Crippen LogP contribution >= 0.6 is 23.2 Å². The number of fused-ring (bicyclic) bond motifs is 1. The molecule has 1 N–H and O–H groups in total. The van der Waals surface area contributed by atoms with Crippen molar-refractivity contribution in [3.63, 3.8) is 0 Å². The number of aliphatic carboxylic acids is 1. The van der Waals surface area contributed by atoms with Gasteiger partial charge in [0.1, 0.15) is 5.52 Å². The van der Waals surface area contributed by atoms with E-state index >= 15 is 0 Å². The minimum absolute atomic E-state index is 0.378. The van der Waals surface area contributed by atoms with Gasteiger partial charge in [0.15, 0.2) is 5.58 Å². The third-order valence-corrected chi connectivity index (χ3v) is 4.59. The maximum atomic E-state index is 11.1. The number of oxazole rings is 1. The molecule has 5 nitrogen and oxygen atoms in total. The molecule has 0 radical (unpaired) electrons. The molecular formula is C17H14Cl2N2O3. The lowest BCUT2D eigenvalue weighted by Gasteiger charge is -2.14. The first-order valence-electron chi connectivity index (χ1n) is 7.19. The molecular weight excluding hydrogens is 351 g/mol. The third kappa shape index (κ3) is 3.05. The first-order valence-corrected chi connectivity index (χ1v) is 7.94. The predicted molar refractivity (Wildman–Crippen MR) is 94.6 cm³/mol. The zero-order valence-corrected chi connectivity index (χ0v) is 14.5. The second-order valence-corrected chi connectivity index (χ2v) is 6.26. The SMILES string of the molecule is CC(C(=O)O)c1ccc2oc(N(C)c3ccc(Cl)c(Cl)c3)nc2c1. The van der Waals surface area contributed by atoms with Gasteiger partial charge in [-0.15, -0.1) is 0 Å². The normalized spacial score (nSPS) is 12.3. The van der Waals surface area contributed by atoms with Crippen molar-refractivity contribution in [2.24, 2.45) is 0 Å². The molecule has 1 unspecified atom stereocenters. The highest BCUT2D eigenvalue weighted by molar-refractivity contribution is 6.42. The molecule has 24 heavy (non-hydrogen) atoms. The van der Waals surface area contributed by atoms with E-state index in [9.17, 15) is 4.79 Å². The van der Waals surface area contributed by atoms with Gasteiger partial charge < -0.3 is 9.52 Å². The largest absolute Gasteiger partial charge is 0.481 e. The lowest BCUT2D eigenvalue weighted by molar-refractivity contribution is -0.138. The number of hydrogen-bond acceptors (Lipinski definition) is 4. The molecule has 124 valence electrons. The highest BCUT2D eigenvalue weighted by Gasteiger charge is 2.17. The van der Waals surface area contributed by atoms with Gasteiger partial charge in [0.25, 0.3) is 0 Å². The fourth-order valence-electron chi connectivity index (χ4n) is 2.29. The maximum Gasteiger partial charge on any atom is 0.310 e. The van der Waals surface area contributed by atoms with E-state index in [1.807, 2.05) is 0 Å². The van der Waals surface area contributed by atoms with Crippen LogP contribution in [0.1, 0.15) is 18.4 Å². The maximum absolute atomic E-state index is 11.1. The van der Waals surface area contributed by atoms with E-state index < -0.39 is 11.9 Å². The summed E-state index contributed by atoms with van der Waals surface area (Å²) >= 11 is 12.0. The van der Waals surface area contributed by atoms with Crippen LogP contribution in [0.15, 0.2) is 40.8 Å². The molecule has 0 aliphatic heterocycles. The molecule has 3 aromatic rings. The first-order chi connectivity index (χ1) is 11.4. The Labute approximate surface area is 148 Å². The van der Waals surface area contributed by atoms with Gasteiger partial charge >= 0.3 is 12.0 Å². The van der Waals surface area contributed by atoms with Crippen LogP contribution in [0.2, 0.25) is 10.0 Å². The van der Waals surface area contributed by atoms with E-state index in [4.69, 9.17) is 32.7 Å². The Hall–Kier alpha value is -2.24. The monoisotopic (exact) mass is 364 g/mol. The molecule has 1 atom stereocenters. The van der Waals surface area contributed by atoms with Gasteiger partial charge in [-0.05, 0) is 42.8 Å². The molecule has 0 saturated heterocycles. The van der Waals surface area contributed by atoms with Crippen molar-refractivity contribution in [2.45, 2.75) is 12.8 Å². The fraction of sp³-hybridized carbons (Fsp3) is 0.176. The number of rotatable bonds is 4. The summed E-state index contributed by atoms with van der Waals surface area (Å²) in [6.07, 6.45) is 0. The number of carbonyl (C=O) groups is 1. The molecule has 0 fully saturated rings. The Morgan fingerprint density at radius 3 is 2.62 bits per heavy atom. The summed E-state index contributed by atoms with van der Waals surface area (Å²) in [6.45, 7) is 1.63. The van der Waals surface area contributed by atoms with E-state index in [1.54, 1.807) is 55.3 Å². The van der Waals surface area contributed by atoms with Crippen molar-refractivity contribution in [3.8, 4) is 0 Å². The number of carboxylic acids is 1. The zero-order chi connectivity index (χ0) is 17.4. The van der Waals surface area contributed by atoms with Crippen LogP contribution in [0, 0.1) is 0 Å². The molecule has 0 aliphatic rings. The van der Waals surface area contributed by atoms with E-state index in [2.05, 4.69) is 4.98 Å². The van der Waals surface area contributed by atoms with Gasteiger partial charge in [0.2, 0.25) is 0 Å². The third-order valence-electron chi connectivity index (χ3n) is 3.85. The summed E-state index contributed by atoms with van der Waals surface area (Å²) in [5.41, 5.74) is 2.63. The zero-order valence-electron chi connectivity index (χ0n) is 13.0. The van der Waals surface area contributed by atoms with Crippen molar-refractivity contribution < 1.29 is 14.3 Å². The van der Waals surface area contributed by atoms with Crippen molar-refractivity contribution >= 4 is 52.0 Å². The van der Waals surface area contributed by atoms with Gasteiger partial charge in [-0.2, -0.15) is 4.98 Å². The molecule has 0 spiro atoms. The van der Waals surface area contributed by atoms with Gasteiger partial charge in [-0.25, -0.2) is 0 Å². The Kier molecular flexibility index (Phi) is 4.39. The van der Waals surface area contributed by atoms with Gasteiger partial charge in [-0.1, -0.05) is 29.3 Å². The Bertz CT molecular complexity index is 923. The van der Waals surface area contributed by atoms with Gasteiger partial charge in [0.05, 0.1) is 16.0 Å². The van der Waals surface area contributed by atoms with Crippen LogP contribution in [0.5, 0.6) is 0 Å². The molecule has 1 aromatic heterocycles. The average Bonchev–Trinajstić information content (AvgIpc) is 2.98. The summed E-state index contributed by atoms with van der Waals surface area (Å²) in [6, 6.07) is 10.8. The van der Waals surface area contributed by atoms with Crippen LogP contribution in [-0.4, -0.2) is 23.1 Å². The molecule has 0 saturated carbocycles. The Balaban J connectivity index is 1.97. The van der Waals surface area contributed by atoms with Crippen LogP contribution in [-0.2, 0) is 4.79 Å². The summed E-state index contributed by atoms with van der Waals surface area (Å²) < 4.78 is 5.74. The Morgan fingerprint density at radius 2 is 1.96 bits per heavy atom. The number of anilines is 2. The van der Waals surface area contributed by atoms with Crippen LogP contribution in [0.25, 0.3) is 11.1 Å². The second-order valence-electron chi connectivity index (χ2n) is 5.44. The second kappa shape index (κ2) is 6.34. The lowest BCUT2D eigenvalue weighted by Crippen LogP contribution is -2.09. The number of benzene rings is 2. The standard InChI is InChI=1S/C17H14Cl2N2O3/c1-9(16(22)23)10-3-6-15-14(7-10)20-17(24-15)21(2)11-4-5-12(18)13(19)8-11/h3-9H,1-2H3,(H,22,23). The first kappa shape index (κ1) is 16.6. The highest BCUT2D eigenvalue weighted by Crippen LogP contribution is 2.32. The summed E-state index contributed by atoms with van der Waals surface area (Å²) in [7, 11) is 1.80. The predicted octanol–water partition coefficient (Wildman–Crippen LogP) is 5.09. The molecule has 1 heterocycles. The number of nitrogens with zero attached hydrogens (tertiary/aromatic N) is 2. The minimum Gasteiger partial charge on any atom is -0.481 e. The molecule has 2 aromatic carbocycles. The van der Waals surface area contributed by atoms with Gasteiger partial charge in [0, 0.05) is 12.7 Å². The van der Waals surface area contributed by atoms with Crippen molar-refractivity contribution in [1.82, 2.24) is 4.98 Å². The Morgan fingerprint density at radius 1 is 1.21 bits per heavy atom. The molecule has 7 heteroatoms. The van der Waals surface area contributed by atoms with E-state index in [-0.39, 0.29) is 0 Å². The van der Waals surface area contributed by atoms with Crippen molar-refractivity contribution in [3.05, 3.63) is 52.0 Å². The number of aromatic nitrogens is 1. The highest BCUT2D eigenvalue weighted by atomic mass is 35.5. The van der Waals surface area contributed by atoms with Crippen molar-refractivity contribution in [2.75, 3.05) is 11.9 Å². The number of hydrogen-bond donors (Lipinski definition) is 1. The summed E-state index contributed by atoms with van der Waals surface area (Å²) in [4.78, 5) is 17.3. The quantitative estimate of drug-likeness (QED) is 0.698. The fourth-order valence-corrected chi connectivity index (χ4v) is 2.58. The minimum atomic E-state index is -0.883. The van der Waals surface area contributed by atoms with Crippen molar-refractivity contribution in [1.29, 1.82) is 0 Å². The number of carboxylic acid groups (broad SMARTS) is 1. The smallest absolute Gasteiger partial charge is 0.310 e. The van der Waals surface area contributed by atoms with Crippen LogP contribution in [0.3, 0.4) is 0 Å². The molecule has 0 amide bonds. The van der Waals surface area contributed by atoms with Gasteiger partial charge in [-0.3, -0.25) is 9.69 Å². The number of halogens is 2. The van der Waals surface area contributed by atoms with Crippen LogP contribution in [0.4, 0.5) is 11.7 Å². The van der Waals surface area contributed by atoms with E-state index in [1.165, 1.54) is 0 Å². The summed E-state index contributed by atoms with van der Waals surface area (Å²) in [5, 5.41) is 10.0. The lowest BCUT2D eigenvalue weighted by atomic mass is 10.0. The topological polar surface area (TPSA) is 66.6 Å².